The van der Waals surface area contributed by atoms with Gasteiger partial charge in [-0.25, -0.2) is 0 Å². The molecule has 19 heavy (non-hydrogen) atoms. The van der Waals surface area contributed by atoms with Crippen LogP contribution in [0, 0.1) is 19.8 Å². The van der Waals surface area contributed by atoms with Crippen LogP contribution in [0.1, 0.15) is 44.2 Å². The van der Waals surface area contributed by atoms with E-state index in [1.54, 1.807) is 0 Å². The van der Waals surface area contributed by atoms with E-state index >= 15 is 0 Å². The van der Waals surface area contributed by atoms with Gasteiger partial charge in [-0.3, -0.25) is 0 Å². The number of hydrogen-bond acceptors (Lipinski definition) is 2. The van der Waals surface area contributed by atoms with Crippen LogP contribution in [-0.4, -0.2) is 19.7 Å². The Bertz CT molecular complexity index is 360. The first kappa shape index (κ1) is 16.0. The van der Waals surface area contributed by atoms with Crippen LogP contribution in [0.15, 0.2) is 18.2 Å². The minimum Gasteiger partial charge on any atom is -0.493 e. The van der Waals surface area contributed by atoms with Crippen molar-refractivity contribution in [2.24, 2.45) is 5.92 Å². The van der Waals surface area contributed by atoms with E-state index in [1.807, 2.05) is 0 Å². The lowest BCUT2D eigenvalue weighted by Crippen LogP contribution is -2.20. The molecule has 108 valence electrons. The fraction of sp³-hybridized carbons (Fsp3) is 0.647. The summed E-state index contributed by atoms with van der Waals surface area (Å²) >= 11 is 0. The van der Waals surface area contributed by atoms with E-state index in [-0.39, 0.29) is 0 Å². The van der Waals surface area contributed by atoms with Crippen LogP contribution >= 0.6 is 0 Å². The minimum atomic E-state index is 0.743. The largest absolute Gasteiger partial charge is 0.493 e. The molecule has 0 saturated heterocycles. The van der Waals surface area contributed by atoms with E-state index in [1.165, 1.54) is 24.0 Å². The van der Waals surface area contributed by atoms with Crippen molar-refractivity contribution in [3.63, 3.8) is 0 Å². The lowest BCUT2D eigenvalue weighted by molar-refractivity contribution is 0.302. The van der Waals surface area contributed by atoms with E-state index < -0.39 is 0 Å². The first-order valence-corrected chi connectivity index (χ1v) is 7.50. The predicted octanol–water partition coefficient (Wildman–Crippen LogP) is 4.10. The fourth-order valence-electron chi connectivity index (χ4n) is 1.96. The number of nitrogens with one attached hydrogen (secondary N) is 1. The van der Waals surface area contributed by atoms with E-state index in [0.717, 1.165) is 37.8 Å². The zero-order valence-electron chi connectivity index (χ0n) is 13.0. The van der Waals surface area contributed by atoms with Crippen LogP contribution in [0.25, 0.3) is 0 Å². The van der Waals surface area contributed by atoms with Crippen LogP contribution in [0.2, 0.25) is 0 Å². The molecule has 0 aliphatic carbocycles. The molecule has 0 unspecified atom stereocenters. The van der Waals surface area contributed by atoms with Crippen molar-refractivity contribution in [3.8, 4) is 5.75 Å². The number of hydrogen-bond donors (Lipinski definition) is 1. The Labute approximate surface area is 118 Å². The van der Waals surface area contributed by atoms with Crippen LogP contribution in [0.4, 0.5) is 0 Å². The zero-order chi connectivity index (χ0) is 14.1. The van der Waals surface area contributed by atoms with Crippen molar-refractivity contribution < 1.29 is 4.74 Å². The van der Waals surface area contributed by atoms with Gasteiger partial charge in [-0.15, -0.1) is 0 Å². The molecule has 1 aromatic rings. The van der Waals surface area contributed by atoms with Gasteiger partial charge in [-0.2, -0.15) is 0 Å². The van der Waals surface area contributed by atoms with E-state index in [0.29, 0.717) is 0 Å². The lowest BCUT2D eigenvalue weighted by Gasteiger charge is -2.10. The molecule has 2 nitrogen and oxygen atoms in total. The van der Waals surface area contributed by atoms with Gasteiger partial charge in [-0.1, -0.05) is 26.0 Å². The van der Waals surface area contributed by atoms with E-state index in [9.17, 15) is 0 Å². The summed E-state index contributed by atoms with van der Waals surface area (Å²) in [5, 5.41) is 3.47. The number of ether oxygens (including phenoxy) is 1. The maximum Gasteiger partial charge on any atom is 0.122 e. The molecule has 0 aliphatic rings. The van der Waals surface area contributed by atoms with Crippen LogP contribution in [-0.2, 0) is 0 Å². The van der Waals surface area contributed by atoms with Crippen LogP contribution in [0.5, 0.6) is 5.75 Å². The van der Waals surface area contributed by atoms with Gasteiger partial charge in [0, 0.05) is 0 Å². The molecule has 0 saturated carbocycles. The highest BCUT2D eigenvalue weighted by Gasteiger charge is 1.99. The number of benzene rings is 1. The first-order chi connectivity index (χ1) is 9.09. The average molecular weight is 263 g/mol. The molecule has 1 N–H and O–H groups in total. The molecule has 0 aliphatic heterocycles. The van der Waals surface area contributed by atoms with Gasteiger partial charge in [0.15, 0.2) is 0 Å². The maximum absolute atomic E-state index is 5.84. The van der Waals surface area contributed by atoms with Crippen molar-refractivity contribution in [2.45, 2.75) is 47.0 Å². The molecule has 1 aromatic carbocycles. The van der Waals surface area contributed by atoms with Crippen LogP contribution in [0.3, 0.4) is 0 Å². The summed E-state index contributed by atoms with van der Waals surface area (Å²) in [5.74, 6) is 1.78. The first-order valence-electron chi connectivity index (χ1n) is 7.50. The Morgan fingerprint density at radius 2 is 1.89 bits per heavy atom. The van der Waals surface area contributed by atoms with Crippen molar-refractivity contribution in [1.82, 2.24) is 5.32 Å². The summed E-state index contributed by atoms with van der Waals surface area (Å²) in [6, 6.07) is 6.38. The summed E-state index contributed by atoms with van der Waals surface area (Å²) in [4.78, 5) is 0. The van der Waals surface area contributed by atoms with Crippen LogP contribution < -0.4 is 10.1 Å². The highest BCUT2D eigenvalue weighted by molar-refractivity contribution is 5.35. The van der Waals surface area contributed by atoms with Crippen molar-refractivity contribution in [2.75, 3.05) is 19.7 Å². The smallest absolute Gasteiger partial charge is 0.122 e. The Balaban J connectivity index is 2.06. The maximum atomic E-state index is 5.84. The number of rotatable bonds is 9. The topological polar surface area (TPSA) is 21.3 Å². The Morgan fingerprint density at radius 3 is 2.63 bits per heavy atom. The third-order valence-corrected chi connectivity index (χ3v) is 3.15. The number of aryl methyl sites for hydroxylation is 2. The van der Waals surface area contributed by atoms with Gasteiger partial charge < -0.3 is 10.1 Å². The van der Waals surface area contributed by atoms with Gasteiger partial charge in [0.1, 0.15) is 5.75 Å². The highest BCUT2D eigenvalue weighted by atomic mass is 16.5. The quantitative estimate of drug-likeness (QED) is 0.677. The second-order valence-corrected chi connectivity index (χ2v) is 5.78. The number of unbranched alkanes of at least 4 members (excludes halogenated alkanes) is 2. The average Bonchev–Trinajstić information content (AvgIpc) is 2.36. The monoisotopic (exact) mass is 263 g/mol. The molecule has 1 rings (SSSR count). The summed E-state index contributed by atoms with van der Waals surface area (Å²) in [7, 11) is 0. The molecule has 0 heterocycles. The summed E-state index contributed by atoms with van der Waals surface area (Å²) < 4.78 is 5.84. The summed E-state index contributed by atoms with van der Waals surface area (Å²) in [5.41, 5.74) is 2.49. The van der Waals surface area contributed by atoms with Crippen molar-refractivity contribution >= 4 is 0 Å². The van der Waals surface area contributed by atoms with Gasteiger partial charge >= 0.3 is 0 Å². The van der Waals surface area contributed by atoms with Gasteiger partial charge in [-0.05, 0) is 69.3 Å². The third-order valence-electron chi connectivity index (χ3n) is 3.15. The summed E-state index contributed by atoms with van der Waals surface area (Å²) in [6.07, 6.45) is 3.61. The van der Waals surface area contributed by atoms with E-state index in [2.05, 4.69) is 51.2 Å². The Kier molecular flexibility index (Phi) is 7.57. The Morgan fingerprint density at radius 1 is 1.11 bits per heavy atom. The van der Waals surface area contributed by atoms with E-state index in [4.69, 9.17) is 4.74 Å². The molecule has 0 atom stereocenters. The lowest BCUT2D eigenvalue weighted by atomic mass is 10.1. The minimum absolute atomic E-state index is 0.743. The van der Waals surface area contributed by atoms with Gasteiger partial charge in [0.05, 0.1) is 6.61 Å². The molecule has 0 amide bonds. The zero-order valence-corrected chi connectivity index (χ0v) is 13.0. The third kappa shape index (κ3) is 7.22. The second-order valence-electron chi connectivity index (χ2n) is 5.78. The molecular weight excluding hydrogens is 234 g/mol. The summed E-state index contributed by atoms with van der Waals surface area (Å²) in [6.45, 7) is 11.8. The van der Waals surface area contributed by atoms with Gasteiger partial charge in [0.2, 0.25) is 0 Å². The molecule has 0 bridgehead atoms. The van der Waals surface area contributed by atoms with Crippen molar-refractivity contribution in [1.29, 1.82) is 0 Å². The predicted molar refractivity (Wildman–Crippen MR) is 83.0 cm³/mol. The molecule has 2 heteroatoms. The molecule has 0 fully saturated rings. The molecule has 0 radical (unpaired) electrons. The molecule has 0 spiro atoms. The molecule has 0 aromatic heterocycles. The second kappa shape index (κ2) is 8.98. The molecular formula is C17H29NO. The highest BCUT2D eigenvalue weighted by Crippen LogP contribution is 2.19. The SMILES string of the molecule is Cc1ccc(C)c(OCCCCCNCC(C)C)c1. The standard InChI is InChI=1S/C17H29NO/c1-14(2)13-18-10-6-5-7-11-19-17-12-15(3)8-9-16(17)4/h8-9,12,14,18H,5-7,10-11,13H2,1-4H3. The Hall–Kier alpha value is -1.02. The fourth-order valence-corrected chi connectivity index (χ4v) is 1.96. The van der Waals surface area contributed by atoms with Crippen molar-refractivity contribution in [3.05, 3.63) is 29.3 Å². The van der Waals surface area contributed by atoms with Gasteiger partial charge in [0.25, 0.3) is 0 Å². The normalized spacial score (nSPS) is 11.0.